The van der Waals surface area contributed by atoms with Crippen LogP contribution in [0.5, 0.6) is 0 Å². The number of aromatic nitrogens is 2. The van der Waals surface area contributed by atoms with Gasteiger partial charge in [-0.3, -0.25) is 0 Å². The van der Waals surface area contributed by atoms with E-state index in [1.54, 1.807) is 9.47 Å². The fourth-order valence-corrected chi connectivity index (χ4v) is 4.86. The molecule has 2 aromatic rings. The lowest BCUT2D eigenvalue weighted by Gasteiger charge is -2.26. The molecule has 9 heteroatoms. The maximum atomic E-state index is 13.1. The average Bonchev–Trinajstić information content (AvgIpc) is 3.08. The van der Waals surface area contributed by atoms with Gasteiger partial charge in [-0.1, -0.05) is 26.0 Å². The molecule has 0 aliphatic heterocycles. The molecular formula is C21H31FN4O3S. The highest BCUT2D eigenvalue weighted by Gasteiger charge is 2.27. The second-order valence-electron chi connectivity index (χ2n) is 7.99. The van der Waals surface area contributed by atoms with E-state index in [0.29, 0.717) is 24.3 Å². The lowest BCUT2D eigenvalue weighted by atomic mass is 10.2. The van der Waals surface area contributed by atoms with Crippen LogP contribution in [-0.2, 0) is 22.1 Å². The van der Waals surface area contributed by atoms with E-state index >= 15 is 0 Å². The molecule has 30 heavy (non-hydrogen) atoms. The van der Waals surface area contributed by atoms with Crippen LogP contribution in [0.15, 0.2) is 35.6 Å². The van der Waals surface area contributed by atoms with Crippen LogP contribution < -0.4 is 5.32 Å². The summed E-state index contributed by atoms with van der Waals surface area (Å²) >= 11 is 0. The third-order valence-corrected chi connectivity index (χ3v) is 6.03. The lowest BCUT2D eigenvalue weighted by Crippen LogP contribution is -2.41. The quantitative estimate of drug-likeness (QED) is 0.646. The van der Waals surface area contributed by atoms with E-state index in [-0.39, 0.29) is 35.4 Å². The third-order valence-electron chi connectivity index (χ3n) is 4.46. The largest absolute Gasteiger partial charge is 0.338 e. The molecule has 0 aliphatic carbocycles. The van der Waals surface area contributed by atoms with Crippen LogP contribution in [0, 0.1) is 11.7 Å². The molecule has 166 valence electrons. The number of nitrogens with one attached hydrogen (secondary N) is 1. The van der Waals surface area contributed by atoms with Crippen molar-refractivity contribution >= 4 is 15.9 Å². The molecule has 1 aromatic carbocycles. The summed E-state index contributed by atoms with van der Waals surface area (Å²) in [6.45, 7) is 10.9. The predicted molar refractivity (Wildman–Crippen MR) is 114 cm³/mol. The number of amides is 2. The van der Waals surface area contributed by atoms with Crippen molar-refractivity contribution in [3.05, 3.63) is 47.5 Å². The highest BCUT2D eigenvalue weighted by atomic mass is 32.2. The van der Waals surface area contributed by atoms with Gasteiger partial charge in [-0.15, -0.1) is 0 Å². The third kappa shape index (κ3) is 6.04. The summed E-state index contributed by atoms with van der Waals surface area (Å²) in [7, 11) is -3.76. The van der Waals surface area contributed by atoms with E-state index < -0.39 is 15.7 Å². The van der Waals surface area contributed by atoms with E-state index in [9.17, 15) is 17.6 Å². The van der Waals surface area contributed by atoms with Crippen LogP contribution in [0.1, 0.15) is 51.9 Å². The van der Waals surface area contributed by atoms with Gasteiger partial charge in [0.2, 0.25) is 15.0 Å². The zero-order chi connectivity index (χ0) is 22.5. The molecule has 1 heterocycles. The van der Waals surface area contributed by atoms with Crippen LogP contribution >= 0.6 is 0 Å². The van der Waals surface area contributed by atoms with E-state index in [1.165, 1.54) is 30.5 Å². The molecule has 1 aromatic heterocycles. The van der Waals surface area contributed by atoms with Crippen molar-refractivity contribution in [2.75, 3.05) is 13.1 Å². The van der Waals surface area contributed by atoms with E-state index in [4.69, 9.17) is 0 Å². The number of carbonyl (C=O) groups is 1. The van der Waals surface area contributed by atoms with Gasteiger partial charge in [-0.05, 0) is 44.4 Å². The Morgan fingerprint density at radius 1 is 1.20 bits per heavy atom. The van der Waals surface area contributed by atoms with Gasteiger partial charge in [0.15, 0.2) is 0 Å². The van der Waals surface area contributed by atoms with Gasteiger partial charge >= 0.3 is 6.03 Å². The summed E-state index contributed by atoms with van der Waals surface area (Å²) in [5.74, 6) is -0.440. The molecule has 0 bridgehead atoms. The van der Waals surface area contributed by atoms with Crippen LogP contribution in [0.2, 0.25) is 0 Å². The molecule has 0 unspecified atom stereocenters. The number of imidazole rings is 1. The number of urea groups is 1. The molecule has 0 radical (unpaired) electrons. The zero-order valence-corrected chi connectivity index (χ0v) is 19.0. The molecule has 0 aliphatic rings. The fourth-order valence-electron chi connectivity index (χ4n) is 3.26. The smallest absolute Gasteiger partial charge is 0.317 e. The summed E-state index contributed by atoms with van der Waals surface area (Å²) in [6, 6.07) is 5.02. The number of hydrogen-bond donors (Lipinski definition) is 1. The normalized spacial score (nSPS) is 11.9. The van der Waals surface area contributed by atoms with Crippen molar-refractivity contribution < 1.29 is 17.6 Å². The monoisotopic (exact) mass is 438 g/mol. The Morgan fingerprint density at radius 3 is 2.37 bits per heavy atom. The molecule has 0 atom stereocenters. The Labute approximate surface area is 178 Å². The minimum Gasteiger partial charge on any atom is -0.338 e. The van der Waals surface area contributed by atoms with Gasteiger partial charge in [0.1, 0.15) is 5.82 Å². The SMILES string of the molecule is CCNC(=O)N(Cc1cnc(S(=O)(=O)Cc2ccc(F)cc2)n1C(C)C)CC(C)C. The van der Waals surface area contributed by atoms with E-state index in [2.05, 4.69) is 10.3 Å². The predicted octanol–water partition coefficient (Wildman–Crippen LogP) is 3.76. The van der Waals surface area contributed by atoms with Crippen molar-refractivity contribution in [3.63, 3.8) is 0 Å². The Bertz CT molecular complexity index is 953. The van der Waals surface area contributed by atoms with Gasteiger partial charge in [0.25, 0.3) is 0 Å². The van der Waals surface area contributed by atoms with Gasteiger partial charge in [-0.2, -0.15) is 0 Å². The van der Waals surface area contributed by atoms with Crippen LogP contribution in [0.4, 0.5) is 9.18 Å². The number of rotatable bonds is 9. The summed E-state index contributed by atoms with van der Waals surface area (Å²) in [5, 5.41) is 2.76. The molecule has 7 nitrogen and oxygen atoms in total. The number of benzene rings is 1. The molecule has 0 fully saturated rings. The molecule has 0 saturated heterocycles. The summed E-state index contributed by atoms with van der Waals surface area (Å²) < 4.78 is 40.9. The Hall–Kier alpha value is -2.42. The molecule has 0 spiro atoms. The Morgan fingerprint density at radius 2 is 1.83 bits per heavy atom. The second kappa shape index (κ2) is 10.1. The molecule has 0 saturated carbocycles. The van der Waals surface area contributed by atoms with Crippen LogP contribution in [0.25, 0.3) is 0 Å². The maximum absolute atomic E-state index is 13.1. The first kappa shape index (κ1) is 23.9. The fraction of sp³-hybridized carbons (Fsp3) is 0.524. The lowest BCUT2D eigenvalue weighted by molar-refractivity contribution is 0.186. The van der Waals surface area contributed by atoms with Gasteiger partial charge in [0, 0.05) is 19.1 Å². The number of halogens is 1. The summed E-state index contributed by atoms with van der Waals surface area (Å²) in [6.07, 6.45) is 1.52. The maximum Gasteiger partial charge on any atom is 0.317 e. The highest BCUT2D eigenvalue weighted by Crippen LogP contribution is 2.23. The molecule has 2 amide bonds. The standard InChI is InChI=1S/C21H31FN4O3S/c1-6-23-20(27)25(12-15(2)3)13-19-11-24-21(26(19)16(4)5)30(28,29)14-17-7-9-18(22)10-8-17/h7-11,15-16H,6,12-14H2,1-5H3,(H,23,27). The van der Waals surface area contributed by atoms with Crippen molar-refractivity contribution in [1.29, 1.82) is 0 Å². The Balaban J connectivity index is 2.37. The summed E-state index contributed by atoms with van der Waals surface area (Å²) in [4.78, 5) is 18.3. The van der Waals surface area contributed by atoms with Gasteiger partial charge in [0.05, 0.1) is 24.2 Å². The first-order chi connectivity index (χ1) is 14.0. The molecular weight excluding hydrogens is 407 g/mol. The first-order valence-corrected chi connectivity index (χ1v) is 11.8. The highest BCUT2D eigenvalue weighted by molar-refractivity contribution is 7.90. The second-order valence-corrected chi connectivity index (χ2v) is 9.87. The number of nitrogens with zero attached hydrogens (tertiary/aromatic N) is 3. The van der Waals surface area contributed by atoms with E-state index in [0.717, 1.165) is 0 Å². The molecule has 1 N–H and O–H groups in total. The van der Waals surface area contributed by atoms with Crippen molar-refractivity contribution in [2.45, 2.75) is 58.1 Å². The van der Waals surface area contributed by atoms with Crippen molar-refractivity contribution in [1.82, 2.24) is 19.8 Å². The van der Waals surface area contributed by atoms with Crippen molar-refractivity contribution in [2.24, 2.45) is 5.92 Å². The van der Waals surface area contributed by atoms with Crippen LogP contribution in [0.3, 0.4) is 0 Å². The first-order valence-electron chi connectivity index (χ1n) is 10.1. The van der Waals surface area contributed by atoms with Crippen molar-refractivity contribution in [3.8, 4) is 0 Å². The zero-order valence-electron chi connectivity index (χ0n) is 18.2. The topological polar surface area (TPSA) is 84.3 Å². The number of carbonyl (C=O) groups excluding carboxylic acids is 1. The number of hydrogen-bond acceptors (Lipinski definition) is 4. The average molecular weight is 439 g/mol. The van der Waals surface area contributed by atoms with Crippen LogP contribution in [-0.4, -0.2) is 42.0 Å². The summed E-state index contributed by atoms with van der Waals surface area (Å²) in [5.41, 5.74) is 1.13. The minimum atomic E-state index is -3.76. The minimum absolute atomic E-state index is 0.0442. The van der Waals surface area contributed by atoms with Gasteiger partial charge in [-0.25, -0.2) is 22.6 Å². The van der Waals surface area contributed by atoms with Gasteiger partial charge < -0.3 is 14.8 Å². The van der Waals surface area contributed by atoms with E-state index in [1.807, 2.05) is 34.6 Å². The Kier molecular flexibility index (Phi) is 8.00. The molecule has 2 rings (SSSR count). The number of sulfone groups is 1.